The van der Waals surface area contributed by atoms with Gasteiger partial charge in [0.05, 0.1) is 5.56 Å². The molecule has 0 amide bonds. The lowest BCUT2D eigenvalue weighted by Gasteiger charge is -2.06. The molecule has 0 aliphatic rings. The van der Waals surface area contributed by atoms with Crippen molar-refractivity contribution >= 4 is 21.7 Å². The quantitative estimate of drug-likeness (QED) is 0.848. The van der Waals surface area contributed by atoms with Crippen LogP contribution in [0.25, 0.3) is 11.4 Å². The van der Waals surface area contributed by atoms with E-state index in [0.29, 0.717) is 11.4 Å². The van der Waals surface area contributed by atoms with E-state index in [4.69, 9.17) is 5.73 Å². The highest BCUT2D eigenvalue weighted by atomic mass is 79.9. The molecule has 0 atom stereocenters. The van der Waals surface area contributed by atoms with E-state index < -0.39 is 0 Å². The van der Waals surface area contributed by atoms with Gasteiger partial charge in [-0.25, -0.2) is 4.98 Å². The first-order valence-corrected chi connectivity index (χ1v) is 5.91. The second-order valence-electron chi connectivity index (χ2n) is 3.91. The summed E-state index contributed by atoms with van der Waals surface area (Å²) in [7, 11) is 0. The van der Waals surface area contributed by atoms with E-state index in [0.717, 1.165) is 15.6 Å². The molecule has 88 valence electrons. The van der Waals surface area contributed by atoms with Crippen molar-refractivity contribution < 1.29 is 0 Å². The van der Waals surface area contributed by atoms with Crippen LogP contribution >= 0.6 is 15.9 Å². The molecule has 0 fully saturated rings. The van der Waals surface area contributed by atoms with E-state index in [1.807, 2.05) is 25.1 Å². The van der Waals surface area contributed by atoms with Gasteiger partial charge in [-0.3, -0.25) is 4.79 Å². The number of nitrogens with one attached hydrogen (secondary N) is 1. The van der Waals surface area contributed by atoms with Crippen LogP contribution in [0.4, 0.5) is 5.82 Å². The van der Waals surface area contributed by atoms with Crippen LogP contribution in [0, 0.1) is 13.8 Å². The number of rotatable bonds is 1. The van der Waals surface area contributed by atoms with Crippen LogP contribution in [0.15, 0.2) is 27.5 Å². The van der Waals surface area contributed by atoms with Gasteiger partial charge in [0.1, 0.15) is 11.6 Å². The summed E-state index contributed by atoms with van der Waals surface area (Å²) < 4.78 is 0.879. The highest BCUT2D eigenvalue weighted by Gasteiger charge is 2.09. The van der Waals surface area contributed by atoms with Gasteiger partial charge >= 0.3 is 0 Å². The summed E-state index contributed by atoms with van der Waals surface area (Å²) in [6.45, 7) is 3.64. The molecule has 3 N–H and O–H groups in total. The predicted octanol–water partition coefficient (Wildman–Crippen LogP) is 2.40. The number of aromatic nitrogens is 2. The van der Waals surface area contributed by atoms with Crippen molar-refractivity contribution in [3.05, 3.63) is 44.2 Å². The largest absolute Gasteiger partial charge is 0.383 e. The zero-order valence-corrected chi connectivity index (χ0v) is 11.1. The molecule has 0 aliphatic carbocycles. The molecule has 0 spiro atoms. The summed E-state index contributed by atoms with van der Waals surface area (Å²) in [5.41, 5.74) is 7.87. The summed E-state index contributed by atoms with van der Waals surface area (Å²) in [4.78, 5) is 18.5. The summed E-state index contributed by atoms with van der Waals surface area (Å²) in [5, 5.41) is 0. The summed E-state index contributed by atoms with van der Waals surface area (Å²) in [5.74, 6) is 0.737. The lowest BCUT2D eigenvalue weighted by atomic mass is 10.1. The van der Waals surface area contributed by atoms with Gasteiger partial charge in [0.15, 0.2) is 0 Å². The average Bonchev–Trinajstić information content (AvgIpc) is 2.25. The molecule has 0 aliphatic heterocycles. The number of H-pyrrole nitrogens is 1. The van der Waals surface area contributed by atoms with Crippen molar-refractivity contribution in [3.8, 4) is 11.4 Å². The minimum atomic E-state index is -0.208. The van der Waals surface area contributed by atoms with Crippen molar-refractivity contribution in [1.29, 1.82) is 0 Å². The van der Waals surface area contributed by atoms with Gasteiger partial charge in [-0.1, -0.05) is 22.0 Å². The fourth-order valence-corrected chi connectivity index (χ4v) is 2.17. The molecule has 0 bridgehead atoms. The van der Waals surface area contributed by atoms with Crippen LogP contribution in [0.2, 0.25) is 0 Å². The SMILES string of the molecule is Cc1ccc(-c2nc(N)c(C)c(=O)[nH]2)c(Br)c1. The first-order chi connectivity index (χ1) is 7.99. The molecule has 0 saturated heterocycles. The van der Waals surface area contributed by atoms with Gasteiger partial charge in [-0.2, -0.15) is 0 Å². The van der Waals surface area contributed by atoms with Crippen molar-refractivity contribution in [3.63, 3.8) is 0 Å². The van der Waals surface area contributed by atoms with E-state index in [2.05, 4.69) is 25.9 Å². The van der Waals surface area contributed by atoms with Crippen molar-refractivity contribution in [2.24, 2.45) is 0 Å². The Hall–Kier alpha value is -1.62. The lowest BCUT2D eigenvalue weighted by molar-refractivity contribution is 1.09. The van der Waals surface area contributed by atoms with Crippen LogP contribution in [-0.2, 0) is 0 Å². The Kier molecular flexibility index (Phi) is 3.02. The molecule has 4 nitrogen and oxygen atoms in total. The number of anilines is 1. The molecule has 0 radical (unpaired) electrons. The smallest absolute Gasteiger partial charge is 0.256 e. The van der Waals surface area contributed by atoms with E-state index in [1.54, 1.807) is 6.92 Å². The third-order valence-corrected chi connectivity index (χ3v) is 3.22. The van der Waals surface area contributed by atoms with Gasteiger partial charge in [0, 0.05) is 10.0 Å². The van der Waals surface area contributed by atoms with Gasteiger partial charge in [0.25, 0.3) is 5.56 Å². The molecule has 0 saturated carbocycles. The summed E-state index contributed by atoms with van der Waals surface area (Å²) in [6, 6.07) is 5.81. The number of nitrogens with zero attached hydrogens (tertiary/aromatic N) is 1. The summed E-state index contributed by atoms with van der Waals surface area (Å²) >= 11 is 3.45. The Balaban J connectivity index is 2.65. The van der Waals surface area contributed by atoms with Crippen LogP contribution < -0.4 is 11.3 Å². The van der Waals surface area contributed by atoms with Gasteiger partial charge in [0.2, 0.25) is 0 Å². The lowest BCUT2D eigenvalue weighted by Crippen LogP contribution is -2.15. The van der Waals surface area contributed by atoms with E-state index in [1.165, 1.54) is 0 Å². The molecule has 2 rings (SSSR count). The Morgan fingerprint density at radius 1 is 1.35 bits per heavy atom. The fraction of sp³-hybridized carbons (Fsp3) is 0.167. The topological polar surface area (TPSA) is 71.8 Å². The molecule has 5 heteroatoms. The molecule has 17 heavy (non-hydrogen) atoms. The number of aryl methyl sites for hydroxylation is 1. The van der Waals surface area contributed by atoms with Crippen LogP contribution in [0.3, 0.4) is 0 Å². The second-order valence-corrected chi connectivity index (χ2v) is 4.76. The molecule has 1 aromatic carbocycles. The highest BCUT2D eigenvalue weighted by molar-refractivity contribution is 9.10. The average molecular weight is 294 g/mol. The Bertz CT molecular complexity index is 634. The molecular weight excluding hydrogens is 282 g/mol. The zero-order chi connectivity index (χ0) is 12.6. The third-order valence-electron chi connectivity index (χ3n) is 2.57. The number of aromatic amines is 1. The first-order valence-electron chi connectivity index (χ1n) is 5.12. The van der Waals surface area contributed by atoms with Gasteiger partial charge in [-0.05, 0) is 31.5 Å². The molecule has 0 unspecified atom stereocenters. The summed E-state index contributed by atoms with van der Waals surface area (Å²) in [6.07, 6.45) is 0. The van der Waals surface area contributed by atoms with Crippen molar-refractivity contribution in [2.75, 3.05) is 5.73 Å². The predicted molar refractivity (Wildman–Crippen MR) is 71.9 cm³/mol. The Morgan fingerprint density at radius 3 is 2.65 bits per heavy atom. The van der Waals surface area contributed by atoms with Crippen LogP contribution in [0.1, 0.15) is 11.1 Å². The monoisotopic (exact) mass is 293 g/mol. The maximum atomic E-state index is 11.6. The second kappa shape index (κ2) is 4.33. The first kappa shape index (κ1) is 11.9. The van der Waals surface area contributed by atoms with Crippen LogP contribution in [-0.4, -0.2) is 9.97 Å². The Morgan fingerprint density at radius 2 is 2.06 bits per heavy atom. The Labute approximate surface area is 107 Å². The normalized spacial score (nSPS) is 10.5. The fourth-order valence-electron chi connectivity index (χ4n) is 1.49. The highest BCUT2D eigenvalue weighted by Crippen LogP contribution is 2.26. The maximum Gasteiger partial charge on any atom is 0.256 e. The minimum Gasteiger partial charge on any atom is -0.383 e. The molecule has 2 aromatic rings. The number of nitrogens with two attached hydrogens (primary N) is 1. The number of halogens is 1. The van der Waals surface area contributed by atoms with Gasteiger partial charge < -0.3 is 10.7 Å². The number of benzene rings is 1. The maximum absolute atomic E-state index is 11.6. The molecule has 1 heterocycles. The standard InChI is InChI=1S/C12H12BrN3O/c1-6-3-4-8(9(13)5-6)11-15-10(14)7(2)12(17)16-11/h3-5H,1-2H3,(H3,14,15,16,17). The van der Waals surface area contributed by atoms with Gasteiger partial charge in [-0.15, -0.1) is 0 Å². The van der Waals surface area contributed by atoms with Crippen molar-refractivity contribution in [1.82, 2.24) is 9.97 Å². The number of nitrogen functional groups attached to an aromatic ring is 1. The third kappa shape index (κ3) is 2.24. The van der Waals surface area contributed by atoms with E-state index in [9.17, 15) is 4.79 Å². The minimum absolute atomic E-state index is 0.208. The number of hydrogen-bond acceptors (Lipinski definition) is 3. The van der Waals surface area contributed by atoms with E-state index in [-0.39, 0.29) is 11.4 Å². The van der Waals surface area contributed by atoms with Crippen molar-refractivity contribution in [2.45, 2.75) is 13.8 Å². The molecular formula is C12H12BrN3O. The molecule has 1 aromatic heterocycles. The van der Waals surface area contributed by atoms with E-state index >= 15 is 0 Å². The number of hydrogen-bond donors (Lipinski definition) is 2. The van der Waals surface area contributed by atoms with Crippen LogP contribution in [0.5, 0.6) is 0 Å². The zero-order valence-electron chi connectivity index (χ0n) is 9.54.